The maximum atomic E-state index is 13.1. The van der Waals surface area contributed by atoms with Crippen molar-refractivity contribution in [2.24, 2.45) is 17.8 Å². The van der Waals surface area contributed by atoms with Crippen LogP contribution in [0.1, 0.15) is 389 Å². The van der Waals surface area contributed by atoms with E-state index < -0.39 is 97.5 Å². The van der Waals surface area contributed by atoms with E-state index in [1.165, 1.54) is 180 Å². The molecule has 0 radical (unpaired) electrons. The van der Waals surface area contributed by atoms with E-state index in [4.69, 9.17) is 37.0 Å². The summed E-state index contributed by atoms with van der Waals surface area (Å²) in [6.07, 6.45) is 60.7. The number of aliphatic hydroxyl groups excluding tert-OH is 1. The lowest BCUT2D eigenvalue weighted by Gasteiger charge is -2.21. The molecule has 4 unspecified atom stereocenters. The molecule has 6 atom stereocenters. The zero-order valence-corrected chi connectivity index (χ0v) is 66.2. The molecule has 99 heavy (non-hydrogen) atoms. The number of rotatable bonds is 76. The van der Waals surface area contributed by atoms with Crippen LogP contribution in [-0.2, 0) is 65.4 Å². The van der Waals surface area contributed by atoms with Crippen LogP contribution in [0.15, 0.2) is 24.3 Å². The summed E-state index contributed by atoms with van der Waals surface area (Å²) in [5.41, 5.74) is 0. The normalized spacial score (nSPS) is 14.4. The van der Waals surface area contributed by atoms with E-state index in [-0.39, 0.29) is 25.7 Å². The fraction of sp³-hybridized carbons (Fsp3) is 0.900. The number of phosphoric ester groups is 2. The van der Waals surface area contributed by atoms with E-state index in [9.17, 15) is 43.2 Å². The molecule has 17 nitrogen and oxygen atoms in total. The molecule has 0 aromatic rings. The van der Waals surface area contributed by atoms with Crippen molar-refractivity contribution >= 4 is 39.5 Å². The SMILES string of the molecule is CCCCCC/C=C\C=C/CCCCCCCC(=O)O[C@H](COC(=O)CCCCCCCCCCCCCCCCCCCCC(C)CC)COP(=O)(O)OCC(O)COP(=O)(O)OC[C@@H](COC(=O)CCCCCCCCCC(C)C)OC(=O)CCCCCCCCCCCC(C)C. The number of unbranched alkanes of at least 4 members (excludes halogenated alkanes) is 40. The Balaban J connectivity index is 5.22. The third kappa shape index (κ3) is 72.3. The van der Waals surface area contributed by atoms with Crippen molar-refractivity contribution in [1.82, 2.24) is 0 Å². The number of allylic oxidation sites excluding steroid dienone is 4. The molecular formula is C80H152O17P2. The van der Waals surface area contributed by atoms with Gasteiger partial charge < -0.3 is 33.8 Å². The van der Waals surface area contributed by atoms with Gasteiger partial charge in [-0.1, -0.05) is 336 Å². The first-order chi connectivity index (χ1) is 47.8. The summed E-state index contributed by atoms with van der Waals surface area (Å²) >= 11 is 0. The number of carbonyl (C=O) groups excluding carboxylic acids is 4. The summed E-state index contributed by atoms with van der Waals surface area (Å²) < 4.78 is 68.5. The highest BCUT2D eigenvalue weighted by Crippen LogP contribution is 2.45. The van der Waals surface area contributed by atoms with Gasteiger partial charge in [-0.3, -0.25) is 37.3 Å². The second kappa shape index (κ2) is 69.9. The van der Waals surface area contributed by atoms with E-state index in [2.05, 4.69) is 72.8 Å². The first-order valence-corrected chi connectivity index (χ1v) is 43.7. The fourth-order valence-electron chi connectivity index (χ4n) is 11.7. The fourth-order valence-corrected chi connectivity index (χ4v) is 13.3. The van der Waals surface area contributed by atoms with E-state index in [1.807, 2.05) is 0 Å². The summed E-state index contributed by atoms with van der Waals surface area (Å²) in [7, 11) is -9.93. The second-order valence-electron chi connectivity index (χ2n) is 29.3. The van der Waals surface area contributed by atoms with Crippen molar-refractivity contribution in [1.29, 1.82) is 0 Å². The lowest BCUT2D eigenvalue weighted by molar-refractivity contribution is -0.161. The van der Waals surface area contributed by atoms with Crippen LogP contribution in [0.3, 0.4) is 0 Å². The first-order valence-electron chi connectivity index (χ1n) is 40.7. The average molecular weight is 1450 g/mol. The summed E-state index contributed by atoms with van der Waals surface area (Å²) in [5.74, 6) is 0.164. The Morgan fingerprint density at radius 2 is 0.596 bits per heavy atom. The quantitative estimate of drug-likeness (QED) is 0.0169. The van der Waals surface area contributed by atoms with E-state index in [0.717, 1.165) is 121 Å². The van der Waals surface area contributed by atoms with Crippen LogP contribution >= 0.6 is 15.6 Å². The smallest absolute Gasteiger partial charge is 0.462 e. The van der Waals surface area contributed by atoms with Crippen LogP contribution in [0.25, 0.3) is 0 Å². The summed E-state index contributed by atoms with van der Waals surface area (Å²) in [5, 5.41) is 10.6. The standard InChI is InChI=1S/C80H152O17P2/c1-8-10-11-12-13-14-15-16-21-26-29-34-41-49-56-63-79(84)96-75(67-90-77(82)61-54-47-40-33-28-25-23-20-18-17-19-22-24-27-32-39-46-53-60-73(7)9-2)69-94-98(86,87)92-65-74(81)66-93-99(88,89)95-70-76(68-91-78(83)62-55-48-43-36-38-45-52-59-72(5)6)97-80(85)64-57-50-42-35-30-31-37-44-51-58-71(3)4/h14-16,21,71-76,81H,8-13,17-20,22-70H2,1-7H3,(H,86,87)(H,88,89)/b15-14-,21-16-/t73?,74?,75-,76-/m1/s1. The third-order valence-corrected chi connectivity index (χ3v) is 20.3. The maximum absolute atomic E-state index is 13.1. The third-order valence-electron chi connectivity index (χ3n) is 18.4. The van der Waals surface area contributed by atoms with Crippen LogP contribution in [0.2, 0.25) is 0 Å². The van der Waals surface area contributed by atoms with Crippen LogP contribution < -0.4 is 0 Å². The highest BCUT2D eigenvalue weighted by Gasteiger charge is 2.30. The van der Waals surface area contributed by atoms with Crippen LogP contribution in [0.5, 0.6) is 0 Å². The zero-order valence-electron chi connectivity index (χ0n) is 64.4. The molecule has 0 saturated heterocycles. The Morgan fingerprint density at radius 3 is 0.899 bits per heavy atom. The monoisotopic (exact) mass is 1450 g/mol. The molecule has 0 aliphatic heterocycles. The first kappa shape index (κ1) is 96.5. The van der Waals surface area contributed by atoms with Crippen molar-refractivity contribution < 1.29 is 80.2 Å². The van der Waals surface area contributed by atoms with Gasteiger partial charge in [-0.2, -0.15) is 0 Å². The number of carbonyl (C=O) groups is 4. The van der Waals surface area contributed by atoms with Gasteiger partial charge in [0.05, 0.1) is 26.4 Å². The molecule has 0 fully saturated rings. The number of hydrogen-bond donors (Lipinski definition) is 3. The van der Waals surface area contributed by atoms with Crippen LogP contribution in [0.4, 0.5) is 0 Å². The lowest BCUT2D eigenvalue weighted by atomic mass is 9.99. The molecule has 19 heteroatoms. The Labute approximate surface area is 605 Å². The van der Waals surface area contributed by atoms with Crippen LogP contribution in [-0.4, -0.2) is 96.7 Å². The predicted octanol–water partition coefficient (Wildman–Crippen LogP) is 23.3. The molecule has 0 aliphatic carbocycles. The topological polar surface area (TPSA) is 237 Å². The molecule has 3 N–H and O–H groups in total. The Bertz CT molecular complexity index is 2020. The lowest BCUT2D eigenvalue weighted by Crippen LogP contribution is -2.30. The van der Waals surface area contributed by atoms with Gasteiger partial charge in [-0.25, -0.2) is 9.13 Å². The van der Waals surface area contributed by atoms with Gasteiger partial charge in [0.2, 0.25) is 0 Å². The van der Waals surface area contributed by atoms with Gasteiger partial charge in [-0.05, 0) is 69.1 Å². The van der Waals surface area contributed by atoms with E-state index >= 15 is 0 Å². The Kier molecular flexibility index (Phi) is 68.1. The molecule has 0 heterocycles. The molecule has 0 aromatic heterocycles. The Hall–Kier alpha value is -2.46. The minimum absolute atomic E-state index is 0.0852. The van der Waals surface area contributed by atoms with Gasteiger partial charge in [0.15, 0.2) is 12.2 Å². The highest BCUT2D eigenvalue weighted by atomic mass is 31.2. The molecule has 0 aliphatic rings. The number of ether oxygens (including phenoxy) is 4. The van der Waals surface area contributed by atoms with Gasteiger partial charge in [0.1, 0.15) is 19.3 Å². The summed E-state index contributed by atoms with van der Waals surface area (Å²) in [4.78, 5) is 72.9. The number of hydrogen-bond acceptors (Lipinski definition) is 15. The summed E-state index contributed by atoms with van der Waals surface area (Å²) in [6.45, 7) is 11.8. The highest BCUT2D eigenvalue weighted by molar-refractivity contribution is 7.47. The summed E-state index contributed by atoms with van der Waals surface area (Å²) in [6, 6.07) is 0. The molecule has 0 rings (SSSR count). The molecular weight excluding hydrogens is 1290 g/mol. The molecule has 0 aromatic carbocycles. The van der Waals surface area contributed by atoms with Gasteiger partial charge in [-0.15, -0.1) is 0 Å². The maximum Gasteiger partial charge on any atom is 0.472 e. The van der Waals surface area contributed by atoms with Crippen molar-refractivity contribution in [3.05, 3.63) is 24.3 Å². The Morgan fingerprint density at radius 1 is 0.333 bits per heavy atom. The van der Waals surface area contributed by atoms with Crippen LogP contribution in [0, 0.1) is 17.8 Å². The largest absolute Gasteiger partial charge is 0.472 e. The predicted molar refractivity (Wildman–Crippen MR) is 404 cm³/mol. The molecule has 0 amide bonds. The minimum Gasteiger partial charge on any atom is -0.462 e. The van der Waals surface area contributed by atoms with Crippen molar-refractivity contribution in [2.75, 3.05) is 39.6 Å². The molecule has 0 spiro atoms. The molecule has 0 saturated carbocycles. The van der Waals surface area contributed by atoms with E-state index in [1.54, 1.807) is 0 Å². The van der Waals surface area contributed by atoms with E-state index in [0.29, 0.717) is 31.6 Å². The molecule has 584 valence electrons. The minimum atomic E-state index is -4.97. The number of esters is 4. The van der Waals surface area contributed by atoms with Gasteiger partial charge in [0.25, 0.3) is 0 Å². The second-order valence-corrected chi connectivity index (χ2v) is 32.2. The van der Waals surface area contributed by atoms with Crippen molar-refractivity contribution in [3.63, 3.8) is 0 Å². The molecule has 0 bridgehead atoms. The average Bonchev–Trinajstić information content (AvgIpc) is 0.956. The number of phosphoric acid groups is 2. The van der Waals surface area contributed by atoms with Gasteiger partial charge >= 0.3 is 39.5 Å². The van der Waals surface area contributed by atoms with Crippen molar-refractivity contribution in [2.45, 2.75) is 407 Å². The number of aliphatic hydroxyl groups is 1. The van der Waals surface area contributed by atoms with Gasteiger partial charge in [0, 0.05) is 25.7 Å². The zero-order chi connectivity index (χ0) is 73.0. The van der Waals surface area contributed by atoms with Crippen molar-refractivity contribution in [3.8, 4) is 0 Å².